The van der Waals surface area contributed by atoms with Crippen molar-refractivity contribution >= 4 is 17.5 Å². The van der Waals surface area contributed by atoms with E-state index in [9.17, 15) is 9.59 Å². The van der Waals surface area contributed by atoms with Gasteiger partial charge in [0.15, 0.2) is 11.5 Å². The average Bonchev–Trinajstić information content (AvgIpc) is 3.12. The van der Waals surface area contributed by atoms with Crippen molar-refractivity contribution in [3.05, 3.63) is 30.2 Å². The monoisotopic (exact) mass is 409 g/mol. The molecule has 4 aliphatic carbocycles. The normalized spacial score (nSPS) is 30.6. The third-order valence-corrected chi connectivity index (χ3v) is 7.56. The van der Waals surface area contributed by atoms with E-state index in [1.807, 2.05) is 42.6 Å². The fourth-order valence-corrected chi connectivity index (χ4v) is 6.51. The smallest absolute Gasteiger partial charge is 0.243 e. The van der Waals surface area contributed by atoms with Gasteiger partial charge in [-0.25, -0.2) is 0 Å². The zero-order valence-electron chi connectivity index (χ0n) is 17.8. The summed E-state index contributed by atoms with van der Waals surface area (Å²) in [6.07, 6.45) is 8.79. The van der Waals surface area contributed by atoms with Gasteiger partial charge in [-0.1, -0.05) is 19.9 Å². The molecule has 2 heterocycles. The Morgan fingerprint density at radius 3 is 2.40 bits per heavy atom. The predicted octanol–water partition coefficient (Wildman–Crippen LogP) is 2.70. The second kappa shape index (κ2) is 7.36. The van der Waals surface area contributed by atoms with E-state index in [2.05, 4.69) is 20.8 Å². The summed E-state index contributed by atoms with van der Waals surface area (Å²) in [6.45, 7) is 4.24. The first-order valence-electron chi connectivity index (χ1n) is 11.3. The summed E-state index contributed by atoms with van der Waals surface area (Å²) in [4.78, 5) is 26.4. The Labute approximate surface area is 177 Å². The summed E-state index contributed by atoms with van der Waals surface area (Å²) in [6, 6.07) is 5.15. The van der Waals surface area contributed by atoms with Gasteiger partial charge < -0.3 is 10.6 Å². The number of nitrogens with zero attached hydrogens (tertiary/aromatic N) is 3. The van der Waals surface area contributed by atoms with Crippen molar-refractivity contribution in [2.75, 3.05) is 0 Å². The summed E-state index contributed by atoms with van der Waals surface area (Å²) in [5.41, 5.74) is 0.503. The second-order valence-corrected chi connectivity index (χ2v) is 10.2. The van der Waals surface area contributed by atoms with E-state index in [0.29, 0.717) is 23.6 Å². The van der Waals surface area contributed by atoms with E-state index in [-0.39, 0.29) is 29.7 Å². The molecule has 6 rings (SSSR count). The van der Waals surface area contributed by atoms with Crippen molar-refractivity contribution in [1.82, 2.24) is 25.2 Å². The van der Waals surface area contributed by atoms with E-state index < -0.39 is 6.04 Å². The van der Waals surface area contributed by atoms with Crippen LogP contribution in [0.1, 0.15) is 58.2 Å². The predicted molar refractivity (Wildman–Crippen MR) is 112 cm³/mol. The van der Waals surface area contributed by atoms with E-state index in [0.717, 1.165) is 24.9 Å². The SMILES string of the molecule is CC(C)[C@@H](NC(=O)C12CC3CC(CC(C3)C1)C2)C(=O)NCc1nnc2ccccn12. The number of hydrogen-bond acceptors (Lipinski definition) is 4. The Hall–Kier alpha value is -2.44. The van der Waals surface area contributed by atoms with Gasteiger partial charge in [-0.15, -0.1) is 10.2 Å². The minimum absolute atomic E-state index is 0.0120. The Morgan fingerprint density at radius 1 is 1.10 bits per heavy atom. The molecule has 2 aromatic rings. The van der Waals surface area contributed by atoms with Gasteiger partial charge in [0, 0.05) is 11.6 Å². The van der Waals surface area contributed by atoms with Crippen LogP contribution in [-0.2, 0) is 16.1 Å². The van der Waals surface area contributed by atoms with Gasteiger partial charge in [0.25, 0.3) is 0 Å². The molecule has 0 unspecified atom stereocenters. The molecule has 4 fully saturated rings. The highest BCUT2D eigenvalue weighted by Crippen LogP contribution is 2.60. The van der Waals surface area contributed by atoms with Crippen molar-refractivity contribution in [3.63, 3.8) is 0 Å². The number of pyridine rings is 1. The largest absolute Gasteiger partial charge is 0.347 e. The standard InChI is InChI=1S/C23H31N5O2/c1-14(2)20(21(29)24-13-19-27-26-18-5-3-4-6-28(18)19)25-22(30)23-10-15-7-16(11-23)9-17(8-15)12-23/h3-6,14-17,20H,7-13H2,1-2H3,(H,24,29)(H,25,30)/t15?,16?,17?,20-,23?/m1/s1. The van der Waals surface area contributed by atoms with E-state index >= 15 is 0 Å². The maximum absolute atomic E-state index is 13.4. The Bertz CT molecular complexity index is 930. The number of rotatable bonds is 6. The fourth-order valence-electron chi connectivity index (χ4n) is 6.51. The Kier molecular flexibility index (Phi) is 4.79. The van der Waals surface area contributed by atoms with Crippen LogP contribution < -0.4 is 10.6 Å². The lowest BCUT2D eigenvalue weighted by Gasteiger charge is -2.55. The van der Waals surface area contributed by atoms with Crippen LogP contribution in [0.3, 0.4) is 0 Å². The van der Waals surface area contributed by atoms with Crippen molar-refractivity contribution in [2.45, 2.75) is 65.0 Å². The third-order valence-electron chi connectivity index (χ3n) is 7.56. The zero-order valence-corrected chi connectivity index (χ0v) is 17.8. The van der Waals surface area contributed by atoms with Crippen molar-refractivity contribution < 1.29 is 9.59 Å². The van der Waals surface area contributed by atoms with Crippen LogP contribution in [0.2, 0.25) is 0 Å². The summed E-state index contributed by atoms with van der Waals surface area (Å²) in [5.74, 6) is 2.74. The molecule has 7 nitrogen and oxygen atoms in total. The molecule has 30 heavy (non-hydrogen) atoms. The van der Waals surface area contributed by atoms with Crippen LogP contribution in [0.15, 0.2) is 24.4 Å². The van der Waals surface area contributed by atoms with Crippen molar-refractivity contribution in [3.8, 4) is 0 Å². The molecule has 1 atom stereocenters. The number of carbonyl (C=O) groups is 2. The molecule has 160 valence electrons. The number of amides is 2. The number of aromatic nitrogens is 3. The number of nitrogens with one attached hydrogen (secondary N) is 2. The quantitative estimate of drug-likeness (QED) is 0.768. The maximum atomic E-state index is 13.4. The van der Waals surface area contributed by atoms with Crippen molar-refractivity contribution in [1.29, 1.82) is 0 Å². The van der Waals surface area contributed by atoms with E-state index in [4.69, 9.17) is 0 Å². The molecule has 0 spiro atoms. The van der Waals surface area contributed by atoms with Gasteiger partial charge in [0.05, 0.1) is 6.54 Å². The molecule has 0 radical (unpaired) electrons. The Morgan fingerprint density at radius 2 is 1.77 bits per heavy atom. The van der Waals surface area contributed by atoms with Crippen molar-refractivity contribution in [2.24, 2.45) is 29.1 Å². The summed E-state index contributed by atoms with van der Waals surface area (Å²) in [7, 11) is 0. The Balaban J connectivity index is 1.26. The van der Waals surface area contributed by atoms with Gasteiger partial charge in [-0.2, -0.15) is 0 Å². The zero-order chi connectivity index (χ0) is 20.9. The highest BCUT2D eigenvalue weighted by Gasteiger charge is 2.55. The minimum Gasteiger partial charge on any atom is -0.347 e. The van der Waals surface area contributed by atoms with Gasteiger partial charge in [0.1, 0.15) is 6.04 Å². The molecule has 0 saturated heterocycles. The van der Waals surface area contributed by atoms with Crippen LogP contribution in [0.25, 0.3) is 5.65 Å². The lowest BCUT2D eigenvalue weighted by atomic mass is 9.49. The van der Waals surface area contributed by atoms with Crippen LogP contribution in [-0.4, -0.2) is 32.5 Å². The first-order chi connectivity index (χ1) is 14.4. The number of fused-ring (bicyclic) bond motifs is 1. The molecule has 0 aliphatic heterocycles. The molecular weight excluding hydrogens is 378 g/mol. The molecular formula is C23H31N5O2. The van der Waals surface area contributed by atoms with Crippen LogP contribution in [0.4, 0.5) is 0 Å². The number of carbonyl (C=O) groups excluding carboxylic acids is 2. The van der Waals surface area contributed by atoms with Gasteiger partial charge >= 0.3 is 0 Å². The van der Waals surface area contributed by atoms with Gasteiger partial charge in [-0.3, -0.25) is 14.0 Å². The molecule has 4 saturated carbocycles. The fraction of sp³-hybridized carbons (Fsp3) is 0.652. The topological polar surface area (TPSA) is 88.4 Å². The van der Waals surface area contributed by atoms with Crippen LogP contribution >= 0.6 is 0 Å². The molecule has 4 aliphatic rings. The van der Waals surface area contributed by atoms with Crippen LogP contribution in [0, 0.1) is 29.1 Å². The lowest BCUT2D eigenvalue weighted by molar-refractivity contribution is -0.149. The highest BCUT2D eigenvalue weighted by molar-refractivity contribution is 5.90. The van der Waals surface area contributed by atoms with E-state index in [1.54, 1.807) is 0 Å². The molecule has 2 amide bonds. The first kappa shape index (κ1) is 19.5. The number of hydrogen-bond donors (Lipinski definition) is 2. The molecule has 0 aromatic carbocycles. The molecule has 7 heteroatoms. The average molecular weight is 410 g/mol. The summed E-state index contributed by atoms with van der Waals surface area (Å²) < 4.78 is 1.86. The third kappa shape index (κ3) is 3.38. The summed E-state index contributed by atoms with van der Waals surface area (Å²) in [5, 5.41) is 14.4. The van der Waals surface area contributed by atoms with Crippen LogP contribution in [0.5, 0.6) is 0 Å². The molecule has 4 bridgehead atoms. The molecule has 2 aromatic heterocycles. The van der Waals surface area contributed by atoms with E-state index in [1.165, 1.54) is 19.3 Å². The van der Waals surface area contributed by atoms with Gasteiger partial charge in [0.2, 0.25) is 11.8 Å². The highest BCUT2D eigenvalue weighted by atomic mass is 16.2. The van der Waals surface area contributed by atoms with Gasteiger partial charge in [-0.05, 0) is 74.3 Å². The lowest BCUT2D eigenvalue weighted by Crippen LogP contribution is -2.58. The molecule has 2 N–H and O–H groups in total. The maximum Gasteiger partial charge on any atom is 0.243 e. The second-order valence-electron chi connectivity index (χ2n) is 10.2. The minimum atomic E-state index is -0.537. The first-order valence-corrected chi connectivity index (χ1v) is 11.3. The summed E-state index contributed by atoms with van der Waals surface area (Å²) >= 11 is 0.